The third kappa shape index (κ3) is 3.12. The molecular formula is C8H12N2O2S. The van der Waals surface area contributed by atoms with E-state index in [9.17, 15) is 8.42 Å². The molecule has 13 heavy (non-hydrogen) atoms. The Hall–Kier alpha value is -0.940. The Morgan fingerprint density at radius 2 is 2.23 bits per heavy atom. The average molecular weight is 200 g/mol. The molecule has 0 fully saturated rings. The molecular weight excluding hydrogens is 188 g/mol. The Labute approximate surface area is 78.3 Å². The first-order chi connectivity index (χ1) is 6.00. The number of rotatable bonds is 3. The Morgan fingerprint density at radius 3 is 2.69 bits per heavy atom. The summed E-state index contributed by atoms with van der Waals surface area (Å²) in [6, 6.07) is 3.63. The van der Waals surface area contributed by atoms with Gasteiger partial charge in [0.2, 0.25) is 10.0 Å². The molecule has 1 rings (SSSR count). The summed E-state index contributed by atoms with van der Waals surface area (Å²) in [5.74, 6) is 0. The number of aromatic nitrogens is 1. The lowest BCUT2D eigenvalue weighted by molar-refractivity contribution is 0.471. The summed E-state index contributed by atoms with van der Waals surface area (Å²) in [5, 5.41) is 0. The van der Waals surface area contributed by atoms with Gasteiger partial charge in [0.1, 0.15) is 0 Å². The van der Waals surface area contributed by atoms with Crippen LogP contribution in [0.2, 0.25) is 0 Å². The van der Waals surface area contributed by atoms with Gasteiger partial charge in [0.25, 0.3) is 0 Å². The number of pyridine rings is 1. The van der Waals surface area contributed by atoms with Crippen molar-refractivity contribution in [2.75, 3.05) is 13.3 Å². The molecule has 0 N–H and O–H groups in total. The van der Waals surface area contributed by atoms with E-state index in [2.05, 4.69) is 4.98 Å². The zero-order valence-electron chi connectivity index (χ0n) is 7.64. The van der Waals surface area contributed by atoms with Gasteiger partial charge in [-0.15, -0.1) is 0 Å². The van der Waals surface area contributed by atoms with Crippen LogP contribution in [0.3, 0.4) is 0 Å². The standard InChI is InChI=1S/C8H12N2O2S/c1-10(13(2,11)12)7-8-4-3-5-9-6-8/h3-6H,7H2,1-2H3. The van der Waals surface area contributed by atoms with Gasteiger partial charge in [-0.05, 0) is 11.6 Å². The smallest absolute Gasteiger partial charge is 0.211 e. The normalized spacial score (nSPS) is 11.9. The molecule has 0 aliphatic heterocycles. The van der Waals surface area contributed by atoms with Gasteiger partial charge in [0.15, 0.2) is 0 Å². The predicted molar refractivity (Wildman–Crippen MR) is 50.5 cm³/mol. The molecule has 1 aromatic rings. The van der Waals surface area contributed by atoms with Crippen LogP contribution in [0, 0.1) is 0 Å². The predicted octanol–water partition coefficient (Wildman–Crippen LogP) is 0.473. The fourth-order valence-corrected chi connectivity index (χ4v) is 1.25. The van der Waals surface area contributed by atoms with Gasteiger partial charge in [-0.25, -0.2) is 12.7 Å². The van der Waals surface area contributed by atoms with Crippen LogP contribution in [0.1, 0.15) is 5.56 Å². The second-order valence-electron chi connectivity index (χ2n) is 2.88. The van der Waals surface area contributed by atoms with Crippen molar-refractivity contribution in [3.8, 4) is 0 Å². The lowest BCUT2D eigenvalue weighted by Gasteiger charge is -2.13. The molecule has 0 spiro atoms. The van der Waals surface area contributed by atoms with Crippen LogP contribution in [0.4, 0.5) is 0 Å². The number of hydrogen-bond acceptors (Lipinski definition) is 3. The zero-order chi connectivity index (χ0) is 9.90. The Balaban J connectivity index is 2.72. The van der Waals surface area contributed by atoms with E-state index in [4.69, 9.17) is 0 Å². The summed E-state index contributed by atoms with van der Waals surface area (Å²) < 4.78 is 23.4. The SMILES string of the molecule is CN(Cc1cccnc1)S(C)(=O)=O. The molecule has 0 atom stereocenters. The molecule has 5 heteroatoms. The van der Waals surface area contributed by atoms with Gasteiger partial charge in [-0.2, -0.15) is 0 Å². The van der Waals surface area contributed by atoms with Crippen molar-refractivity contribution < 1.29 is 8.42 Å². The molecule has 0 aromatic carbocycles. The molecule has 0 aliphatic carbocycles. The lowest BCUT2D eigenvalue weighted by Crippen LogP contribution is -2.24. The van der Waals surface area contributed by atoms with Gasteiger partial charge >= 0.3 is 0 Å². The van der Waals surface area contributed by atoms with Crippen molar-refractivity contribution in [3.05, 3.63) is 30.1 Å². The summed E-state index contributed by atoms with van der Waals surface area (Å²) in [6.45, 7) is 0.368. The molecule has 0 radical (unpaired) electrons. The minimum atomic E-state index is -3.10. The molecule has 0 saturated carbocycles. The van der Waals surface area contributed by atoms with Crippen LogP contribution in [0.15, 0.2) is 24.5 Å². The van der Waals surface area contributed by atoms with Gasteiger partial charge in [-0.3, -0.25) is 4.98 Å². The average Bonchev–Trinajstić information content (AvgIpc) is 2.04. The highest BCUT2D eigenvalue weighted by Crippen LogP contribution is 2.03. The van der Waals surface area contributed by atoms with E-state index >= 15 is 0 Å². The molecule has 0 saturated heterocycles. The van der Waals surface area contributed by atoms with Gasteiger partial charge in [0.05, 0.1) is 6.26 Å². The summed E-state index contributed by atoms with van der Waals surface area (Å²) in [7, 11) is -1.55. The first-order valence-corrected chi connectivity index (χ1v) is 5.65. The quantitative estimate of drug-likeness (QED) is 0.712. The van der Waals surface area contributed by atoms with Crippen LogP contribution in [0.25, 0.3) is 0 Å². The second kappa shape index (κ2) is 3.85. The molecule has 1 aromatic heterocycles. The van der Waals surface area contributed by atoms with E-state index in [1.54, 1.807) is 25.5 Å². The Kier molecular flexibility index (Phi) is 3.00. The number of sulfonamides is 1. The Morgan fingerprint density at radius 1 is 1.54 bits per heavy atom. The van der Waals surface area contributed by atoms with Crippen LogP contribution in [-0.4, -0.2) is 31.0 Å². The fraction of sp³-hybridized carbons (Fsp3) is 0.375. The zero-order valence-corrected chi connectivity index (χ0v) is 8.45. The van der Waals surface area contributed by atoms with E-state index < -0.39 is 10.0 Å². The first kappa shape index (κ1) is 10.1. The molecule has 1 heterocycles. The van der Waals surface area contributed by atoms with E-state index in [0.717, 1.165) is 5.56 Å². The highest BCUT2D eigenvalue weighted by Gasteiger charge is 2.10. The molecule has 0 bridgehead atoms. The van der Waals surface area contributed by atoms with E-state index in [1.807, 2.05) is 6.07 Å². The van der Waals surface area contributed by atoms with E-state index in [0.29, 0.717) is 6.54 Å². The monoisotopic (exact) mass is 200 g/mol. The van der Waals surface area contributed by atoms with E-state index in [1.165, 1.54) is 10.6 Å². The molecule has 0 unspecified atom stereocenters. The van der Waals surface area contributed by atoms with E-state index in [-0.39, 0.29) is 0 Å². The maximum Gasteiger partial charge on any atom is 0.211 e. The van der Waals surface area contributed by atoms with Crippen molar-refractivity contribution in [1.29, 1.82) is 0 Å². The highest BCUT2D eigenvalue weighted by atomic mass is 32.2. The van der Waals surface area contributed by atoms with Gasteiger partial charge < -0.3 is 0 Å². The fourth-order valence-electron chi connectivity index (χ4n) is 0.866. The molecule has 0 aliphatic rings. The third-order valence-corrected chi connectivity index (χ3v) is 2.96. The first-order valence-electron chi connectivity index (χ1n) is 3.80. The van der Waals surface area contributed by atoms with Crippen molar-refractivity contribution in [2.24, 2.45) is 0 Å². The minimum absolute atomic E-state index is 0.368. The van der Waals surface area contributed by atoms with Crippen LogP contribution in [0.5, 0.6) is 0 Å². The summed E-state index contributed by atoms with van der Waals surface area (Å²) >= 11 is 0. The van der Waals surface area contributed by atoms with Gasteiger partial charge in [0, 0.05) is 26.0 Å². The van der Waals surface area contributed by atoms with Crippen molar-refractivity contribution in [3.63, 3.8) is 0 Å². The van der Waals surface area contributed by atoms with Crippen LogP contribution >= 0.6 is 0 Å². The molecule has 4 nitrogen and oxygen atoms in total. The van der Waals surface area contributed by atoms with Gasteiger partial charge in [-0.1, -0.05) is 6.07 Å². The molecule has 72 valence electrons. The number of hydrogen-bond donors (Lipinski definition) is 0. The number of nitrogens with zero attached hydrogens (tertiary/aromatic N) is 2. The topological polar surface area (TPSA) is 50.3 Å². The lowest BCUT2D eigenvalue weighted by atomic mass is 10.3. The summed E-state index contributed by atoms with van der Waals surface area (Å²) in [4.78, 5) is 3.90. The largest absolute Gasteiger partial charge is 0.264 e. The van der Waals surface area contributed by atoms with Crippen molar-refractivity contribution >= 4 is 10.0 Å². The minimum Gasteiger partial charge on any atom is -0.264 e. The highest BCUT2D eigenvalue weighted by molar-refractivity contribution is 7.88. The van der Waals surface area contributed by atoms with Crippen LogP contribution in [-0.2, 0) is 16.6 Å². The van der Waals surface area contributed by atoms with Crippen molar-refractivity contribution in [2.45, 2.75) is 6.54 Å². The summed E-state index contributed by atoms with van der Waals surface area (Å²) in [5.41, 5.74) is 0.885. The van der Waals surface area contributed by atoms with Crippen molar-refractivity contribution in [1.82, 2.24) is 9.29 Å². The maximum absolute atomic E-state index is 11.0. The third-order valence-electron chi connectivity index (χ3n) is 1.69. The Bertz CT molecular complexity index is 361. The van der Waals surface area contributed by atoms with Crippen LogP contribution < -0.4 is 0 Å². The second-order valence-corrected chi connectivity index (χ2v) is 4.97. The maximum atomic E-state index is 11.0. The molecule has 0 amide bonds. The summed E-state index contributed by atoms with van der Waals surface area (Å²) in [6.07, 6.45) is 4.50.